The van der Waals surface area contributed by atoms with Gasteiger partial charge in [-0.05, 0) is 36.2 Å². The minimum absolute atomic E-state index is 0.176. The summed E-state index contributed by atoms with van der Waals surface area (Å²) < 4.78 is 10.1. The Morgan fingerprint density at radius 2 is 1.96 bits per heavy atom. The highest BCUT2D eigenvalue weighted by Gasteiger charge is 2.34. The number of carbonyl (C=O) groups excluding carboxylic acids is 2. The summed E-state index contributed by atoms with van der Waals surface area (Å²) in [5, 5.41) is 10.1. The van der Waals surface area contributed by atoms with E-state index in [4.69, 9.17) is 9.47 Å². The monoisotopic (exact) mass is 369 g/mol. The van der Waals surface area contributed by atoms with E-state index in [9.17, 15) is 14.7 Å². The van der Waals surface area contributed by atoms with Gasteiger partial charge >= 0.3 is 5.97 Å². The number of benzene rings is 2. The van der Waals surface area contributed by atoms with E-state index >= 15 is 0 Å². The lowest BCUT2D eigenvalue weighted by Crippen LogP contribution is -2.46. The Labute approximate surface area is 158 Å². The van der Waals surface area contributed by atoms with Gasteiger partial charge in [0.1, 0.15) is 0 Å². The molecular formula is C21H23NO5. The van der Waals surface area contributed by atoms with Crippen LogP contribution in [0.25, 0.3) is 11.1 Å². The second kappa shape index (κ2) is 8.33. The third kappa shape index (κ3) is 3.86. The lowest BCUT2D eigenvalue weighted by atomic mass is 9.97. The van der Waals surface area contributed by atoms with Crippen LogP contribution >= 0.6 is 0 Å². The molecule has 1 aliphatic rings. The fourth-order valence-corrected chi connectivity index (χ4v) is 3.37. The van der Waals surface area contributed by atoms with Crippen molar-refractivity contribution in [3.8, 4) is 11.1 Å². The Kier molecular flexibility index (Phi) is 5.88. The van der Waals surface area contributed by atoms with Crippen molar-refractivity contribution in [2.75, 3.05) is 26.9 Å². The Hall–Kier alpha value is -2.70. The molecule has 1 fully saturated rings. The Balaban J connectivity index is 1.94. The van der Waals surface area contributed by atoms with Gasteiger partial charge in [-0.25, -0.2) is 4.79 Å². The molecular weight excluding hydrogens is 346 g/mol. The Morgan fingerprint density at radius 3 is 2.63 bits per heavy atom. The first-order chi connectivity index (χ1) is 13.1. The minimum Gasteiger partial charge on any atom is -0.465 e. The molecule has 0 aromatic heterocycles. The van der Waals surface area contributed by atoms with Gasteiger partial charge in [-0.2, -0.15) is 0 Å². The van der Waals surface area contributed by atoms with Crippen molar-refractivity contribution in [2.45, 2.75) is 19.1 Å². The first kappa shape index (κ1) is 19.1. The van der Waals surface area contributed by atoms with Crippen molar-refractivity contribution in [3.63, 3.8) is 0 Å². The number of methoxy groups -OCH3 is 1. The molecule has 0 bridgehead atoms. The van der Waals surface area contributed by atoms with Gasteiger partial charge in [0.25, 0.3) is 5.91 Å². The number of ether oxygens (including phenoxy) is 2. The molecule has 3 rings (SSSR count). The molecule has 6 nitrogen and oxygen atoms in total. The number of hydrogen-bond donors (Lipinski definition) is 1. The molecule has 2 atom stereocenters. The number of esters is 1. The first-order valence-corrected chi connectivity index (χ1v) is 8.91. The topological polar surface area (TPSA) is 76.1 Å². The molecule has 1 aliphatic heterocycles. The van der Waals surface area contributed by atoms with E-state index in [1.54, 1.807) is 35.2 Å². The highest BCUT2D eigenvalue weighted by atomic mass is 16.5. The second-order valence-corrected chi connectivity index (χ2v) is 6.38. The van der Waals surface area contributed by atoms with Crippen LogP contribution in [0.5, 0.6) is 0 Å². The molecule has 6 heteroatoms. The van der Waals surface area contributed by atoms with Gasteiger partial charge in [-0.15, -0.1) is 0 Å². The van der Waals surface area contributed by atoms with Crippen LogP contribution in [0.4, 0.5) is 0 Å². The molecule has 2 unspecified atom stereocenters. The zero-order valence-electron chi connectivity index (χ0n) is 15.4. The lowest BCUT2D eigenvalue weighted by Gasteiger charge is -2.29. The standard InChI is InChI=1S/C21H23NO5/c1-3-22(18-12-27-13-19(18)23)20(24)15-8-6-7-14(11-15)16-9-4-5-10-17(16)21(25)26-2/h4-11,18-19,23H,3,12-13H2,1-2H3. The van der Waals surface area contributed by atoms with Crippen LogP contribution in [0.2, 0.25) is 0 Å². The van der Waals surface area contributed by atoms with Crippen LogP contribution in [0.15, 0.2) is 48.5 Å². The van der Waals surface area contributed by atoms with Crippen molar-refractivity contribution in [1.29, 1.82) is 0 Å². The number of rotatable bonds is 5. The summed E-state index contributed by atoms with van der Waals surface area (Å²) in [4.78, 5) is 26.7. The number of aliphatic hydroxyl groups excluding tert-OH is 1. The fraction of sp³-hybridized carbons (Fsp3) is 0.333. The number of likely N-dealkylation sites (N-methyl/N-ethyl adjacent to an activating group) is 1. The van der Waals surface area contributed by atoms with E-state index < -0.39 is 12.1 Å². The summed E-state index contributed by atoms with van der Waals surface area (Å²) in [6.07, 6.45) is -0.683. The quantitative estimate of drug-likeness (QED) is 0.819. The van der Waals surface area contributed by atoms with Crippen LogP contribution in [-0.4, -0.2) is 60.9 Å². The van der Waals surface area contributed by atoms with Crippen molar-refractivity contribution in [2.24, 2.45) is 0 Å². The van der Waals surface area contributed by atoms with Gasteiger partial charge in [0, 0.05) is 12.1 Å². The molecule has 2 aromatic rings. The summed E-state index contributed by atoms with van der Waals surface area (Å²) in [6, 6.07) is 13.9. The summed E-state index contributed by atoms with van der Waals surface area (Å²) in [5.41, 5.74) is 2.39. The molecule has 0 saturated carbocycles. The normalized spacial score (nSPS) is 18.9. The van der Waals surface area contributed by atoms with Crippen molar-refractivity contribution < 1.29 is 24.2 Å². The third-order valence-corrected chi connectivity index (χ3v) is 4.78. The summed E-state index contributed by atoms with van der Waals surface area (Å²) in [7, 11) is 1.34. The molecule has 0 aliphatic carbocycles. The summed E-state index contributed by atoms with van der Waals surface area (Å²) in [5.74, 6) is -0.604. The smallest absolute Gasteiger partial charge is 0.338 e. The minimum atomic E-state index is -0.683. The van der Waals surface area contributed by atoms with E-state index in [1.165, 1.54) is 7.11 Å². The van der Waals surface area contributed by atoms with E-state index in [-0.39, 0.29) is 18.6 Å². The van der Waals surface area contributed by atoms with E-state index in [2.05, 4.69) is 0 Å². The van der Waals surface area contributed by atoms with Crippen LogP contribution in [0.3, 0.4) is 0 Å². The second-order valence-electron chi connectivity index (χ2n) is 6.38. The average Bonchev–Trinajstić information content (AvgIpc) is 3.13. The maximum Gasteiger partial charge on any atom is 0.338 e. The number of nitrogens with zero attached hydrogens (tertiary/aromatic N) is 1. The molecule has 1 heterocycles. The predicted molar refractivity (Wildman–Crippen MR) is 101 cm³/mol. The predicted octanol–water partition coefficient (Wildman–Crippen LogP) is 2.36. The van der Waals surface area contributed by atoms with E-state index in [0.29, 0.717) is 29.8 Å². The van der Waals surface area contributed by atoms with Crippen molar-refractivity contribution in [3.05, 3.63) is 59.7 Å². The van der Waals surface area contributed by atoms with Gasteiger partial charge in [0.2, 0.25) is 0 Å². The lowest BCUT2D eigenvalue weighted by molar-refractivity contribution is 0.0520. The maximum atomic E-state index is 13.0. The van der Waals surface area contributed by atoms with Gasteiger partial charge in [-0.3, -0.25) is 4.79 Å². The summed E-state index contributed by atoms with van der Waals surface area (Å²) in [6.45, 7) is 2.90. The van der Waals surface area contributed by atoms with Gasteiger partial charge in [0.15, 0.2) is 0 Å². The Morgan fingerprint density at radius 1 is 1.19 bits per heavy atom. The number of aliphatic hydroxyl groups is 1. The van der Waals surface area contributed by atoms with Crippen LogP contribution in [0.1, 0.15) is 27.6 Å². The number of amides is 1. The largest absolute Gasteiger partial charge is 0.465 e. The van der Waals surface area contributed by atoms with Crippen molar-refractivity contribution >= 4 is 11.9 Å². The molecule has 142 valence electrons. The molecule has 1 saturated heterocycles. The number of hydrogen-bond acceptors (Lipinski definition) is 5. The van der Waals surface area contributed by atoms with Crippen LogP contribution in [-0.2, 0) is 9.47 Å². The molecule has 1 N–H and O–H groups in total. The Bertz CT molecular complexity index is 835. The maximum absolute atomic E-state index is 13.0. The highest BCUT2D eigenvalue weighted by molar-refractivity contribution is 5.99. The molecule has 1 amide bonds. The average molecular weight is 369 g/mol. The fourth-order valence-electron chi connectivity index (χ4n) is 3.37. The zero-order chi connectivity index (χ0) is 19.4. The van der Waals surface area contributed by atoms with Gasteiger partial charge in [0.05, 0.1) is 38.0 Å². The van der Waals surface area contributed by atoms with Crippen LogP contribution in [0, 0.1) is 0 Å². The first-order valence-electron chi connectivity index (χ1n) is 8.91. The number of carbonyl (C=O) groups is 2. The van der Waals surface area contributed by atoms with Crippen molar-refractivity contribution in [1.82, 2.24) is 4.90 Å². The third-order valence-electron chi connectivity index (χ3n) is 4.78. The summed E-state index contributed by atoms with van der Waals surface area (Å²) >= 11 is 0. The van der Waals surface area contributed by atoms with Gasteiger partial charge < -0.3 is 19.5 Å². The highest BCUT2D eigenvalue weighted by Crippen LogP contribution is 2.26. The molecule has 2 aromatic carbocycles. The molecule has 0 spiro atoms. The zero-order valence-corrected chi connectivity index (χ0v) is 15.4. The molecule has 27 heavy (non-hydrogen) atoms. The SMILES string of the molecule is CCN(C(=O)c1cccc(-c2ccccc2C(=O)OC)c1)C1COCC1O. The van der Waals surface area contributed by atoms with Gasteiger partial charge in [-0.1, -0.05) is 30.3 Å². The molecule has 0 radical (unpaired) electrons. The van der Waals surface area contributed by atoms with E-state index in [0.717, 1.165) is 5.56 Å². The van der Waals surface area contributed by atoms with Crippen LogP contribution < -0.4 is 0 Å². The van der Waals surface area contributed by atoms with E-state index in [1.807, 2.05) is 25.1 Å².